The van der Waals surface area contributed by atoms with Crippen LogP contribution >= 0.6 is 0 Å². The van der Waals surface area contributed by atoms with Crippen LogP contribution in [-0.4, -0.2) is 0 Å². The second kappa shape index (κ2) is 5.90. The van der Waals surface area contributed by atoms with Crippen molar-refractivity contribution in [3.63, 3.8) is 0 Å². The number of hydrogen-bond donors (Lipinski definition) is 0. The highest BCUT2D eigenvalue weighted by Gasteiger charge is 2.45. The summed E-state index contributed by atoms with van der Waals surface area (Å²) in [6, 6.07) is 14.7. The van der Waals surface area contributed by atoms with Crippen molar-refractivity contribution < 1.29 is 0 Å². The minimum atomic E-state index is -0.896. The van der Waals surface area contributed by atoms with E-state index in [1.165, 1.54) is 6.42 Å². The van der Waals surface area contributed by atoms with Crippen LogP contribution in [0.3, 0.4) is 0 Å². The Hall–Kier alpha value is -1.80. The smallest absolute Gasteiger partial charge is 0.150 e. The van der Waals surface area contributed by atoms with E-state index in [1.54, 1.807) is 0 Å². The first-order valence-electron chi connectivity index (χ1n) is 7.77. The standard InChI is InChI=1S/C19H24N2/c1-15-9-17(12-18(2,3)10-15)19(13-20,14-21)11-16-7-5-4-6-8-16/h4-8,15,17H,9-12H2,1-3H3/t15-,17-/m0/s1. The van der Waals surface area contributed by atoms with Gasteiger partial charge < -0.3 is 0 Å². The van der Waals surface area contributed by atoms with Crippen LogP contribution in [0.15, 0.2) is 30.3 Å². The van der Waals surface area contributed by atoms with E-state index in [-0.39, 0.29) is 11.3 Å². The molecule has 0 unspecified atom stereocenters. The van der Waals surface area contributed by atoms with Crippen LogP contribution in [0.4, 0.5) is 0 Å². The van der Waals surface area contributed by atoms with Crippen LogP contribution in [0.5, 0.6) is 0 Å². The zero-order valence-electron chi connectivity index (χ0n) is 13.3. The lowest BCUT2D eigenvalue weighted by Crippen LogP contribution is -2.38. The number of nitrogens with zero attached hydrogens (tertiary/aromatic N) is 2. The summed E-state index contributed by atoms with van der Waals surface area (Å²) in [4.78, 5) is 0. The molecule has 1 aromatic carbocycles. The summed E-state index contributed by atoms with van der Waals surface area (Å²) in [7, 11) is 0. The van der Waals surface area contributed by atoms with Crippen molar-refractivity contribution in [1.29, 1.82) is 10.5 Å². The average Bonchev–Trinajstić information content (AvgIpc) is 2.44. The number of rotatable bonds is 3. The predicted octanol–water partition coefficient (Wildman–Crippen LogP) is 4.73. The quantitative estimate of drug-likeness (QED) is 0.804. The molecule has 0 aromatic heterocycles. The molecule has 0 saturated heterocycles. The number of nitriles is 2. The maximum Gasteiger partial charge on any atom is 0.150 e. The van der Waals surface area contributed by atoms with Gasteiger partial charge in [-0.15, -0.1) is 0 Å². The highest BCUT2D eigenvalue weighted by molar-refractivity contribution is 5.26. The molecule has 2 nitrogen and oxygen atoms in total. The molecular weight excluding hydrogens is 256 g/mol. The van der Waals surface area contributed by atoms with Crippen LogP contribution in [0, 0.1) is 45.3 Å². The Morgan fingerprint density at radius 1 is 1.14 bits per heavy atom. The fourth-order valence-corrected chi connectivity index (χ4v) is 4.07. The van der Waals surface area contributed by atoms with Crippen molar-refractivity contribution in [2.45, 2.75) is 46.5 Å². The molecule has 0 bridgehead atoms. The fraction of sp³-hybridized carbons (Fsp3) is 0.579. The third-order valence-corrected chi connectivity index (χ3v) is 4.81. The molecule has 1 aliphatic rings. The highest BCUT2D eigenvalue weighted by atomic mass is 14.5. The summed E-state index contributed by atoms with van der Waals surface area (Å²) >= 11 is 0. The van der Waals surface area contributed by atoms with Gasteiger partial charge in [0, 0.05) is 6.42 Å². The summed E-state index contributed by atoms with van der Waals surface area (Å²) in [5, 5.41) is 19.5. The minimum Gasteiger partial charge on any atom is -0.197 e. The highest BCUT2D eigenvalue weighted by Crippen LogP contribution is 2.49. The lowest BCUT2D eigenvalue weighted by atomic mass is 9.59. The van der Waals surface area contributed by atoms with Gasteiger partial charge in [0.25, 0.3) is 0 Å². The second-order valence-electron chi connectivity index (χ2n) is 7.47. The molecular formula is C19H24N2. The van der Waals surface area contributed by atoms with E-state index in [4.69, 9.17) is 0 Å². The molecule has 21 heavy (non-hydrogen) atoms. The molecule has 0 radical (unpaired) electrons. The van der Waals surface area contributed by atoms with Gasteiger partial charge in [0.05, 0.1) is 12.1 Å². The minimum absolute atomic E-state index is 0.159. The Bertz CT molecular complexity index is 545. The third-order valence-electron chi connectivity index (χ3n) is 4.81. The third kappa shape index (κ3) is 3.45. The first-order valence-corrected chi connectivity index (χ1v) is 7.77. The van der Waals surface area contributed by atoms with Crippen molar-refractivity contribution in [1.82, 2.24) is 0 Å². The van der Waals surface area contributed by atoms with Gasteiger partial charge in [-0.2, -0.15) is 10.5 Å². The Morgan fingerprint density at radius 2 is 1.76 bits per heavy atom. The Balaban J connectivity index is 2.30. The first kappa shape index (κ1) is 15.6. The van der Waals surface area contributed by atoms with Crippen molar-refractivity contribution in [2.24, 2.45) is 22.7 Å². The summed E-state index contributed by atoms with van der Waals surface area (Å²) in [5.74, 6) is 0.738. The van der Waals surface area contributed by atoms with Crippen LogP contribution in [-0.2, 0) is 6.42 Å². The molecule has 0 amide bonds. The fourth-order valence-electron chi connectivity index (χ4n) is 4.07. The normalized spacial score (nSPS) is 24.8. The maximum absolute atomic E-state index is 9.77. The van der Waals surface area contributed by atoms with Crippen LogP contribution in [0.1, 0.15) is 45.6 Å². The van der Waals surface area contributed by atoms with Crippen molar-refractivity contribution in [3.8, 4) is 12.1 Å². The summed E-state index contributed by atoms with van der Waals surface area (Å²) < 4.78 is 0. The second-order valence-corrected chi connectivity index (χ2v) is 7.47. The van der Waals surface area contributed by atoms with Crippen molar-refractivity contribution in [2.75, 3.05) is 0 Å². The monoisotopic (exact) mass is 280 g/mol. The zero-order chi connectivity index (χ0) is 15.5. The summed E-state index contributed by atoms with van der Waals surface area (Å²) in [6.45, 7) is 6.77. The molecule has 1 aromatic rings. The molecule has 1 fully saturated rings. The van der Waals surface area contributed by atoms with E-state index in [0.717, 1.165) is 18.4 Å². The SMILES string of the molecule is C[C@H]1C[C@H](C(C#N)(C#N)Cc2ccccc2)CC(C)(C)C1. The lowest BCUT2D eigenvalue weighted by Gasteiger charge is -2.43. The van der Waals surface area contributed by atoms with Gasteiger partial charge in [-0.05, 0) is 42.1 Å². The molecule has 2 atom stereocenters. The lowest BCUT2D eigenvalue weighted by molar-refractivity contribution is 0.0872. The van der Waals surface area contributed by atoms with E-state index < -0.39 is 5.41 Å². The molecule has 0 aliphatic heterocycles. The van der Waals surface area contributed by atoms with E-state index in [0.29, 0.717) is 12.3 Å². The first-order chi connectivity index (χ1) is 9.91. The molecule has 110 valence electrons. The van der Waals surface area contributed by atoms with E-state index in [1.807, 2.05) is 30.3 Å². The largest absolute Gasteiger partial charge is 0.197 e. The molecule has 0 heterocycles. The molecule has 1 aliphatic carbocycles. The topological polar surface area (TPSA) is 47.6 Å². The van der Waals surface area contributed by atoms with E-state index in [2.05, 4.69) is 32.9 Å². The maximum atomic E-state index is 9.77. The van der Waals surface area contributed by atoms with Gasteiger partial charge in [-0.3, -0.25) is 0 Å². The van der Waals surface area contributed by atoms with Crippen LogP contribution in [0.25, 0.3) is 0 Å². The van der Waals surface area contributed by atoms with Crippen molar-refractivity contribution >= 4 is 0 Å². The molecule has 0 N–H and O–H groups in total. The molecule has 1 saturated carbocycles. The van der Waals surface area contributed by atoms with Gasteiger partial charge in [0.15, 0.2) is 5.41 Å². The molecule has 2 heteroatoms. The van der Waals surface area contributed by atoms with Crippen LogP contribution < -0.4 is 0 Å². The number of benzene rings is 1. The predicted molar refractivity (Wildman–Crippen MR) is 84.1 cm³/mol. The Kier molecular flexibility index (Phi) is 4.38. The number of hydrogen-bond acceptors (Lipinski definition) is 2. The van der Waals surface area contributed by atoms with Gasteiger partial charge in [-0.25, -0.2) is 0 Å². The molecule has 0 spiro atoms. The van der Waals surface area contributed by atoms with E-state index >= 15 is 0 Å². The summed E-state index contributed by atoms with van der Waals surface area (Å²) in [5.41, 5.74) is 0.405. The summed E-state index contributed by atoms with van der Waals surface area (Å²) in [6.07, 6.45) is 3.67. The zero-order valence-corrected chi connectivity index (χ0v) is 13.3. The van der Waals surface area contributed by atoms with Crippen molar-refractivity contribution in [3.05, 3.63) is 35.9 Å². The average molecular weight is 280 g/mol. The van der Waals surface area contributed by atoms with Gasteiger partial charge >= 0.3 is 0 Å². The van der Waals surface area contributed by atoms with Crippen LogP contribution in [0.2, 0.25) is 0 Å². The van der Waals surface area contributed by atoms with Gasteiger partial charge in [0.2, 0.25) is 0 Å². The van der Waals surface area contributed by atoms with Gasteiger partial charge in [-0.1, -0.05) is 51.1 Å². The Morgan fingerprint density at radius 3 is 2.29 bits per heavy atom. The Labute approximate surface area is 128 Å². The molecule has 2 rings (SSSR count). The van der Waals surface area contributed by atoms with Gasteiger partial charge in [0.1, 0.15) is 0 Å². The van der Waals surface area contributed by atoms with E-state index in [9.17, 15) is 10.5 Å².